The number of esters is 3. The Hall–Kier alpha value is -6.87. The average molecular weight is 723 g/mol. The molecule has 272 valence electrons. The molecule has 0 unspecified atom stereocenters. The monoisotopic (exact) mass is 722 g/mol. The highest BCUT2D eigenvalue weighted by atomic mass is 16.6. The maximum Gasteiger partial charge on any atom is 0.338 e. The van der Waals surface area contributed by atoms with E-state index in [1.165, 1.54) is 0 Å². The fraction of sp³-hybridized carbons (Fsp3) is 0.133. The number of ether oxygens (including phenoxy) is 6. The summed E-state index contributed by atoms with van der Waals surface area (Å²) in [5.74, 6) is -0.252. The molecule has 6 aromatic carbocycles. The molecular formula is C45H38O9. The van der Waals surface area contributed by atoms with Crippen molar-refractivity contribution >= 4 is 17.9 Å². The minimum absolute atomic E-state index is 0.238. The summed E-state index contributed by atoms with van der Waals surface area (Å²) in [6, 6.07) is 48.6. The number of carbonyl (C=O) groups is 3. The molecule has 0 aliphatic heterocycles. The van der Waals surface area contributed by atoms with Crippen molar-refractivity contribution in [3.05, 3.63) is 197 Å². The van der Waals surface area contributed by atoms with Crippen LogP contribution in [0.1, 0.15) is 47.8 Å². The fourth-order valence-electron chi connectivity index (χ4n) is 5.12. The van der Waals surface area contributed by atoms with Crippen molar-refractivity contribution in [3.8, 4) is 17.2 Å². The van der Waals surface area contributed by atoms with Crippen molar-refractivity contribution in [2.24, 2.45) is 0 Å². The number of carbonyl (C=O) groups excluding carboxylic acids is 3. The number of rotatable bonds is 17. The molecule has 0 aliphatic rings. The zero-order valence-electron chi connectivity index (χ0n) is 29.4. The lowest BCUT2D eigenvalue weighted by Crippen LogP contribution is -2.31. The summed E-state index contributed by atoms with van der Waals surface area (Å²) < 4.78 is 34.2. The lowest BCUT2D eigenvalue weighted by Gasteiger charge is -2.18. The van der Waals surface area contributed by atoms with E-state index in [9.17, 15) is 14.4 Å². The minimum Gasteiger partial charge on any atom is -0.489 e. The van der Waals surface area contributed by atoms with E-state index in [-0.39, 0.29) is 29.9 Å². The van der Waals surface area contributed by atoms with Gasteiger partial charge in [-0.25, -0.2) is 14.4 Å². The molecule has 0 amide bonds. The summed E-state index contributed by atoms with van der Waals surface area (Å²) in [6.07, 6.45) is -1.11. The maximum absolute atomic E-state index is 13.2. The van der Waals surface area contributed by atoms with E-state index in [2.05, 4.69) is 0 Å². The normalized spacial score (nSPS) is 10.6. The third-order valence-electron chi connectivity index (χ3n) is 8.09. The van der Waals surface area contributed by atoms with Crippen molar-refractivity contribution in [2.75, 3.05) is 13.2 Å². The Balaban J connectivity index is 1.05. The van der Waals surface area contributed by atoms with Gasteiger partial charge in [0.2, 0.25) is 0 Å². The number of benzene rings is 6. The first-order chi connectivity index (χ1) is 26.5. The fourth-order valence-corrected chi connectivity index (χ4v) is 5.12. The minimum atomic E-state index is -1.11. The van der Waals surface area contributed by atoms with Gasteiger partial charge in [-0.2, -0.15) is 0 Å². The van der Waals surface area contributed by atoms with Crippen LogP contribution in [0.4, 0.5) is 0 Å². The molecule has 0 heterocycles. The molecule has 0 atom stereocenters. The van der Waals surface area contributed by atoms with Crippen LogP contribution in [0.5, 0.6) is 17.2 Å². The zero-order valence-corrected chi connectivity index (χ0v) is 29.4. The Kier molecular flexibility index (Phi) is 13.1. The van der Waals surface area contributed by atoms with Crippen LogP contribution in [0.25, 0.3) is 0 Å². The Labute approximate surface area is 313 Å². The van der Waals surface area contributed by atoms with Crippen LogP contribution in [-0.2, 0) is 34.0 Å². The van der Waals surface area contributed by atoms with E-state index in [1.807, 2.05) is 91.0 Å². The van der Waals surface area contributed by atoms with Crippen LogP contribution < -0.4 is 14.2 Å². The maximum atomic E-state index is 13.2. The molecule has 6 rings (SSSR count). The average Bonchev–Trinajstić information content (AvgIpc) is 3.23. The standard InChI is InChI=1S/C45H38O9/c46-43(36-16-22-39(23-17-36)49-28-33-10-4-1-5-11-33)52-31-42(54-45(48)38-20-26-41(27-21-38)51-30-35-14-8-3-9-15-35)32-53-44(47)37-18-24-40(25-19-37)50-29-34-12-6-2-7-13-34/h1-27,42H,28-32H2. The molecule has 0 bridgehead atoms. The van der Waals surface area contributed by atoms with E-state index in [1.54, 1.807) is 72.8 Å². The second-order valence-corrected chi connectivity index (χ2v) is 12.1. The lowest BCUT2D eigenvalue weighted by molar-refractivity contribution is -0.0253. The topological polar surface area (TPSA) is 107 Å². The van der Waals surface area contributed by atoms with Gasteiger partial charge in [0.15, 0.2) is 6.10 Å². The quantitative estimate of drug-likeness (QED) is 0.0675. The molecule has 0 N–H and O–H groups in total. The molecule has 9 heteroatoms. The largest absolute Gasteiger partial charge is 0.489 e. The molecule has 6 aromatic rings. The van der Waals surface area contributed by atoms with Gasteiger partial charge in [0.05, 0.1) is 16.7 Å². The highest BCUT2D eigenvalue weighted by molar-refractivity contribution is 5.91. The SMILES string of the molecule is O=C(OCC(COC(=O)c1ccc(OCc2ccccc2)cc1)OC(=O)c1ccc(OCc2ccccc2)cc1)c1ccc(OCc2ccccc2)cc1. The summed E-state index contributed by atoms with van der Waals surface area (Å²) >= 11 is 0. The molecule has 54 heavy (non-hydrogen) atoms. The third kappa shape index (κ3) is 11.3. The van der Waals surface area contributed by atoms with Gasteiger partial charge >= 0.3 is 17.9 Å². The van der Waals surface area contributed by atoms with E-state index < -0.39 is 24.0 Å². The van der Waals surface area contributed by atoms with Crippen LogP contribution in [0.3, 0.4) is 0 Å². The van der Waals surface area contributed by atoms with Gasteiger partial charge in [-0.3, -0.25) is 0 Å². The number of hydrogen-bond donors (Lipinski definition) is 0. The first-order valence-corrected chi connectivity index (χ1v) is 17.3. The zero-order chi connectivity index (χ0) is 37.4. The highest BCUT2D eigenvalue weighted by Gasteiger charge is 2.22. The predicted molar refractivity (Wildman–Crippen MR) is 201 cm³/mol. The summed E-state index contributed by atoms with van der Waals surface area (Å²) in [7, 11) is 0. The first-order valence-electron chi connectivity index (χ1n) is 17.3. The first kappa shape index (κ1) is 36.9. The Bertz CT molecular complexity index is 1960. The molecule has 0 aliphatic carbocycles. The lowest BCUT2D eigenvalue weighted by atomic mass is 10.2. The van der Waals surface area contributed by atoms with Gasteiger partial charge in [0.25, 0.3) is 0 Å². The molecule has 0 aromatic heterocycles. The van der Waals surface area contributed by atoms with Crippen molar-refractivity contribution < 1.29 is 42.8 Å². The summed E-state index contributed by atoms with van der Waals surface area (Å²) in [5, 5.41) is 0. The Morgan fingerprint density at radius 3 is 0.981 bits per heavy atom. The van der Waals surface area contributed by atoms with E-state index >= 15 is 0 Å². The highest BCUT2D eigenvalue weighted by Crippen LogP contribution is 2.19. The predicted octanol–water partition coefficient (Wildman–Crippen LogP) is 8.66. The molecule has 0 spiro atoms. The number of hydrogen-bond acceptors (Lipinski definition) is 9. The van der Waals surface area contributed by atoms with Crippen LogP contribution in [-0.4, -0.2) is 37.2 Å². The van der Waals surface area contributed by atoms with Crippen molar-refractivity contribution in [1.82, 2.24) is 0 Å². The smallest absolute Gasteiger partial charge is 0.338 e. The van der Waals surface area contributed by atoms with Crippen molar-refractivity contribution in [3.63, 3.8) is 0 Å². The van der Waals surface area contributed by atoms with E-state index in [4.69, 9.17) is 28.4 Å². The van der Waals surface area contributed by atoms with E-state index in [0.29, 0.717) is 37.1 Å². The van der Waals surface area contributed by atoms with Gasteiger partial charge in [0, 0.05) is 0 Å². The van der Waals surface area contributed by atoms with Crippen LogP contribution in [0.2, 0.25) is 0 Å². The molecule has 0 saturated carbocycles. The molecular weight excluding hydrogens is 684 g/mol. The molecule has 0 fully saturated rings. The Morgan fingerprint density at radius 2 is 0.667 bits per heavy atom. The molecule has 0 saturated heterocycles. The van der Waals surface area contributed by atoms with E-state index in [0.717, 1.165) is 16.7 Å². The molecule has 9 nitrogen and oxygen atoms in total. The summed E-state index contributed by atoms with van der Waals surface area (Å²) in [5.41, 5.74) is 3.81. The summed E-state index contributed by atoms with van der Waals surface area (Å²) in [6.45, 7) is 0.400. The van der Waals surface area contributed by atoms with Gasteiger partial charge in [0.1, 0.15) is 50.3 Å². The van der Waals surface area contributed by atoms with Gasteiger partial charge in [-0.15, -0.1) is 0 Å². The third-order valence-corrected chi connectivity index (χ3v) is 8.09. The van der Waals surface area contributed by atoms with Gasteiger partial charge in [-0.1, -0.05) is 91.0 Å². The van der Waals surface area contributed by atoms with Crippen LogP contribution in [0, 0.1) is 0 Å². The molecule has 0 radical (unpaired) electrons. The van der Waals surface area contributed by atoms with Crippen LogP contribution in [0.15, 0.2) is 164 Å². The second kappa shape index (κ2) is 19.1. The van der Waals surface area contributed by atoms with Gasteiger partial charge < -0.3 is 28.4 Å². The van der Waals surface area contributed by atoms with Gasteiger partial charge in [-0.05, 0) is 89.5 Å². The second-order valence-electron chi connectivity index (χ2n) is 12.1. The van der Waals surface area contributed by atoms with Crippen molar-refractivity contribution in [2.45, 2.75) is 25.9 Å². The van der Waals surface area contributed by atoms with Crippen LogP contribution >= 0.6 is 0 Å². The summed E-state index contributed by atoms with van der Waals surface area (Å²) in [4.78, 5) is 39.2. The Morgan fingerprint density at radius 1 is 0.370 bits per heavy atom. The van der Waals surface area contributed by atoms with Crippen molar-refractivity contribution in [1.29, 1.82) is 0 Å².